The fourth-order valence-electron chi connectivity index (χ4n) is 1.89. The first kappa shape index (κ1) is 13.3. The SMILES string of the molecule is CCc1nc(C(=O)O)nn1-c1cccc(C(C)C)c1. The Balaban J connectivity index is 2.51. The molecule has 0 saturated heterocycles. The van der Waals surface area contributed by atoms with Crippen LogP contribution >= 0.6 is 0 Å². The Hall–Kier alpha value is -2.17. The summed E-state index contributed by atoms with van der Waals surface area (Å²) >= 11 is 0. The Bertz CT molecular complexity index is 602. The van der Waals surface area contributed by atoms with Gasteiger partial charge in [0.2, 0.25) is 0 Å². The van der Waals surface area contributed by atoms with Crippen LogP contribution in [-0.2, 0) is 6.42 Å². The lowest BCUT2D eigenvalue weighted by Gasteiger charge is -2.09. The number of aryl methyl sites for hydroxylation is 1. The first-order valence-corrected chi connectivity index (χ1v) is 6.32. The van der Waals surface area contributed by atoms with E-state index in [1.165, 1.54) is 5.56 Å². The Morgan fingerprint density at radius 1 is 1.42 bits per heavy atom. The first-order valence-electron chi connectivity index (χ1n) is 6.32. The molecule has 1 N–H and O–H groups in total. The van der Waals surface area contributed by atoms with E-state index in [0.717, 1.165) is 5.69 Å². The third kappa shape index (κ3) is 2.65. The van der Waals surface area contributed by atoms with Crippen LogP contribution in [0.5, 0.6) is 0 Å². The average Bonchev–Trinajstić information content (AvgIpc) is 2.83. The predicted octanol–water partition coefficient (Wildman–Crippen LogP) is 2.65. The van der Waals surface area contributed by atoms with Gasteiger partial charge in [-0.2, -0.15) is 0 Å². The first-order chi connectivity index (χ1) is 9.02. The van der Waals surface area contributed by atoms with Crippen molar-refractivity contribution in [2.75, 3.05) is 0 Å². The highest BCUT2D eigenvalue weighted by molar-refractivity contribution is 5.83. The molecule has 0 spiro atoms. The number of aromatic carboxylic acids is 1. The molecule has 0 aliphatic heterocycles. The summed E-state index contributed by atoms with van der Waals surface area (Å²) in [6, 6.07) is 7.93. The summed E-state index contributed by atoms with van der Waals surface area (Å²) < 4.78 is 1.61. The molecule has 0 bridgehead atoms. The summed E-state index contributed by atoms with van der Waals surface area (Å²) in [5.41, 5.74) is 2.04. The zero-order chi connectivity index (χ0) is 14.0. The van der Waals surface area contributed by atoms with Gasteiger partial charge in [0.05, 0.1) is 5.69 Å². The summed E-state index contributed by atoms with van der Waals surface area (Å²) in [6.45, 7) is 6.16. The van der Waals surface area contributed by atoms with Crippen LogP contribution in [0.15, 0.2) is 24.3 Å². The molecule has 0 aliphatic rings. The largest absolute Gasteiger partial charge is 0.475 e. The third-order valence-electron chi connectivity index (χ3n) is 2.96. The maximum atomic E-state index is 11.0. The van der Waals surface area contributed by atoms with Gasteiger partial charge in [0, 0.05) is 6.42 Å². The van der Waals surface area contributed by atoms with Gasteiger partial charge in [-0.15, -0.1) is 5.10 Å². The molecule has 100 valence electrons. The molecule has 5 nitrogen and oxygen atoms in total. The molecule has 5 heteroatoms. The normalized spacial score (nSPS) is 10.9. The average molecular weight is 259 g/mol. The van der Waals surface area contributed by atoms with E-state index in [2.05, 4.69) is 30.0 Å². The van der Waals surface area contributed by atoms with E-state index in [9.17, 15) is 4.79 Å². The van der Waals surface area contributed by atoms with Crippen LogP contribution in [0, 0.1) is 0 Å². The molecule has 1 heterocycles. The minimum Gasteiger partial charge on any atom is -0.475 e. The van der Waals surface area contributed by atoms with Crippen molar-refractivity contribution in [3.63, 3.8) is 0 Å². The Kier molecular flexibility index (Phi) is 3.64. The zero-order valence-corrected chi connectivity index (χ0v) is 11.3. The number of aromatic nitrogens is 3. The van der Waals surface area contributed by atoms with Crippen molar-refractivity contribution in [1.29, 1.82) is 0 Å². The summed E-state index contributed by atoms with van der Waals surface area (Å²) in [4.78, 5) is 15.0. The van der Waals surface area contributed by atoms with Crippen LogP contribution in [0.3, 0.4) is 0 Å². The van der Waals surface area contributed by atoms with Crippen molar-refractivity contribution < 1.29 is 9.90 Å². The van der Waals surface area contributed by atoms with E-state index in [4.69, 9.17) is 5.11 Å². The second-order valence-electron chi connectivity index (χ2n) is 4.67. The second kappa shape index (κ2) is 5.22. The van der Waals surface area contributed by atoms with Crippen molar-refractivity contribution >= 4 is 5.97 Å². The van der Waals surface area contributed by atoms with E-state index in [0.29, 0.717) is 18.2 Å². The highest BCUT2D eigenvalue weighted by atomic mass is 16.4. The van der Waals surface area contributed by atoms with Gasteiger partial charge < -0.3 is 5.11 Å². The number of carboxylic acid groups (broad SMARTS) is 1. The maximum absolute atomic E-state index is 11.0. The molecule has 0 aliphatic carbocycles. The van der Waals surface area contributed by atoms with Crippen molar-refractivity contribution in [3.05, 3.63) is 41.5 Å². The highest BCUT2D eigenvalue weighted by Crippen LogP contribution is 2.18. The number of nitrogens with zero attached hydrogens (tertiary/aromatic N) is 3. The van der Waals surface area contributed by atoms with Gasteiger partial charge in [-0.05, 0) is 23.6 Å². The van der Waals surface area contributed by atoms with E-state index < -0.39 is 5.97 Å². The molecule has 0 amide bonds. The summed E-state index contributed by atoms with van der Waals surface area (Å²) in [5.74, 6) is -0.203. The molecule has 1 aromatic carbocycles. The van der Waals surface area contributed by atoms with Crippen LogP contribution in [0.25, 0.3) is 5.69 Å². The van der Waals surface area contributed by atoms with Gasteiger partial charge in [-0.3, -0.25) is 0 Å². The fourth-order valence-corrected chi connectivity index (χ4v) is 1.89. The van der Waals surface area contributed by atoms with E-state index in [1.54, 1.807) is 4.68 Å². The molecular weight excluding hydrogens is 242 g/mol. The minimum absolute atomic E-state index is 0.160. The smallest absolute Gasteiger partial charge is 0.375 e. The van der Waals surface area contributed by atoms with Gasteiger partial charge >= 0.3 is 5.97 Å². The van der Waals surface area contributed by atoms with Crippen LogP contribution in [0.1, 0.15) is 48.7 Å². The zero-order valence-electron chi connectivity index (χ0n) is 11.3. The molecule has 0 atom stereocenters. The van der Waals surface area contributed by atoms with Crippen LogP contribution in [0.4, 0.5) is 0 Å². The third-order valence-corrected chi connectivity index (χ3v) is 2.96. The van der Waals surface area contributed by atoms with E-state index >= 15 is 0 Å². The predicted molar refractivity (Wildman–Crippen MR) is 71.8 cm³/mol. The fraction of sp³-hybridized carbons (Fsp3) is 0.357. The number of rotatable bonds is 4. The lowest BCUT2D eigenvalue weighted by molar-refractivity contribution is 0.0683. The second-order valence-corrected chi connectivity index (χ2v) is 4.67. The lowest BCUT2D eigenvalue weighted by Crippen LogP contribution is -2.04. The Labute approximate surface area is 111 Å². The minimum atomic E-state index is -1.10. The topological polar surface area (TPSA) is 68.0 Å². The maximum Gasteiger partial charge on any atom is 0.375 e. The standard InChI is InChI=1S/C14H17N3O2/c1-4-12-15-13(14(18)19)16-17(12)11-7-5-6-10(8-11)9(2)3/h5-9H,4H2,1-3H3,(H,18,19). The summed E-state index contributed by atoms with van der Waals surface area (Å²) in [5, 5.41) is 13.0. The number of hydrogen-bond acceptors (Lipinski definition) is 3. The number of carbonyl (C=O) groups is 1. The molecule has 0 unspecified atom stereocenters. The monoisotopic (exact) mass is 259 g/mol. The van der Waals surface area contributed by atoms with Gasteiger partial charge in [-0.25, -0.2) is 14.5 Å². The van der Waals surface area contributed by atoms with Crippen molar-refractivity contribution in [2.45, 2.75) is 33.1 Å². The molecular formula is C14H17N3O2. The molecule has 19 heavy (non-hydrogen) atoms. The molecule has 1 aromatic heterocycles. The Morgan fingerprint density at radius 2 is 2.16 bits per heavy atom. The quantitative estimate of drug-likeness (QED) is 0.916. The van der Waals surface area contributed by atoms with Gasteiger partial charge in [0.1, 0.15) is 5.82 Å². The Morgan fingerprint density at radius 3 is 2.74 bits per heavy atom. The molecule has 2 aromatic rings. The number of hydrogen-bond donors (Lipinski definition) is 1. The lowest BCUT2D eigenvalue weighted by atomic mass is 10.0. The van der Waals surface area contributed by atoms with Gasteiger partial charge in [-0.1, -0.05) is 32.9 Å². The van der Waals surface area contributed by atoms with E-state index in [-0.39, 0.29) is 5.82 Å². The van der Waals surface area contributed by atoms with Crippen LogP contribution in [0.2, 0.25) is 0 Å². The number of carboxylic acids is 1. The molecule has 0 saturated carbocycles. The van der Waals surface area contributed by atoms with Crippen LogP contribution < -0.4 is 0 Å². The molecule has 0 radical (unpaired) electrons. The van der Waals surface area contributed by atoms with Crippen molar-refractivity contribution in [2.24, 2.45) is 0 Å². The van der Waals surface area contributed by atoms with Gasteiger partial charge in [0.25, 0.3) is 5.82 Å². The summed E-state index contributed by atoms with van der Waals surface area (Å²) in [6.07, 6.45) is 0.631. The highest BCUT2D eigenvalue weighted by Gasteiger charge is 2.15. The van der Waals surface area contributed by atoms with Crippen molar-refractivity contribution in [3.8, 4) is 5.69 Å². The number of benzene rings is 1. The van der Waals surface area contributed by atoms with Crippen LogP contribution in [-0.4, -0.2) is 25.8 Å². The summed E-state index contributed by atoms with van der Waals surface area (Å²) in [7, 11) is 0. The van der Waals surface area contributed by atoms with Gasteiger partial charge in [0.15, 0.2) is 0 Å². The molecule has 0 fully saturated rings. The van der Waals surface area contributed by atoms with E-state index in [1.807, 2.05) is 25.1 Å². The molecule has 2 rings (SSSR count). The van der Waals surface area contributed by atoms with Crippen molar-refractivity contribution in [1.82, 2.24) is 14.8 Å².